The Bertz CT molecular complexity index is 1210. The minimum atomic E-state index is -0.737. The highest BCUT2D eigenvalue weighted by atomic mass is 32.2. The molecule has 0 bridgehead atoms. The monoisotopic (exact) mass is 497 g/mol. The van der Waals surface area contributed by atoms with E-state index in [0.29, 0.717) is 11.7 Å². The summed E-state index contributed by atoms with van der Waals surface area (Å²) < 4.78 is 11.5. The lowest BCUT2D eigenvalue weighted by Crippen LogP contribution is -2.28. The van der Waals surface area contributed by atoms with Crippen LogP contribution in [-0.2, 0) is 26.0 Å². The lowest BCUT2D eigenvalue weighted by Gasteiger charge is -2.26. The normalized spacial score (nSPS) is 11.5. The van der Waals surface area contributed by atoms with E-state index in [1.54, 1.807) is 0 Å². The molecule has 4 heteroatoms. The van der Waals surface area contributed by atoms with Crippen LogP contribution in [-0.4, -0.2) is 12.6 Å². The number of carbonyl (C=O) groups excluding carboxylic acids is 1. The van der Waals surface area contributed by atoms with Gasteiger partial charge in [0.1, 0.15) is 11.4 Å². The van der Waals surface area contributed by atoms with Crippen molar-refractivity contribution in [1.82, 2.24) is 0 Å². The number of ether oxygens (including phenoxy) is 2. The summed E-state index contributed by atoms with van der Waals surface area (Å²) in [5.41, 5.74) is 1.48. The Labute approximate surface area is 217 Å². The third kappa shape index (κ3) is 6.38. The fraction of sp³-hybridized carbons (Fsp3) is 0.219. The average Bonchev–Trinajstić information content (AvgIpc) is 2.89. The standard InChI is InChI=1S/C32H33O3S/c1-24(2)25-15-17-26(18-16-25)32(3,4)35-31(33)23-34-27-19-21-30(22-20-27)36(28-11-7-5-8-12-28)29-13-9-6-10-14-29/h5-22,24H,23H2,1-4H3/q+1. The maximum absolute atomic E-state index is 12.6. The molecular formula is C32H33O3S+. The van der Waals surface area contributed by atoms with Crippen LogP contribution in [0.4, 0.5) is 0 Å². The first-order chi connectivity index (χ1) is 17.3. The predicted molar refractivity (Wildman–Crippen MR) is 147 cm³/mol. The van der Waals surface area contributed by atoms with Crippen LogP contribution in [0.5, 0.6) is 5.75 Å². The Morgan fingerprint density at radius 2 is 1.22 bits per heavy atom. The summed E-state index contributed by atoms with van der Waals surface area (Å²) in [4.78, 5) is 16.3. The molecule has 0 aromatic heterocycles. The number of hydrogen-bond donors (Lipinski definition) is 0. The third-order valence-corrected chi connectivity index (χ3v) is 8.25. The minimum absolute atomic E-state index is 0.143. The van der Waals surface area contributed by atoms with Gasteiger partial charge in [0.05, 0.1) is 10.9 Å². The van der Waals surface area contributed by atoms with Crippen molar-refractivity contribution in [2.24, 2.45) is 0 Å². The van der Waals surface area contributed by atoms with E-state index in [0.717, 1.165) is 5.56 Å². The van der Waals surface area contributed by atoms with E-state index < -0.39 is 11.6 Å². The second-order valence-corrected chi connectivity index (χ2v) is 11.5. The van der Waals surface area contributed by atoms with Gasteiger partial charge >= 0.3 is 5.97 Å². The second-order valence-electron chi connectivity index (χ2n) is 9.45. The molecular weight excluding hydrogens is 464 g/mol. The van der Waals surface area contributed by atoms with Crippen molar-refractivity contribution >= 4 is 16.9 Å². The smallest absolute Gasteiger partial charge is 0.345 e. The maximum Gasteiger partial charge on any atom is 0.345 e. The molecule has 0 heterocycles. The van der Waals surface area contributed by atoms with Crippen molar-refractivity contribution in [3.63, 3.8) is 0 Å². The van der Waals surface area contributed by atoms with Crippen LogP contribution < -0.4 is 4.74 Å². The molecule has 0 radical (unpaired) electrons. The highest BCUT2D eigenvalue weighted by molar-refractivity contribution is 7.97. The molecule has 0 fully saturated rings. The summed E-state index contributed by atoms with van der Waals surface area (Å²) in [6.07, 6.45) is 0. The molecule has 0 aliphatic carbocycles. The van der Waals surface area contributed by atoms with Crippen molar-refractivity contribution in [3.8, 4) is 5.75 Å². The molecule has 0 spiro atoms. The van der Waals surface area contributed by atoms with Gasteiger partial charge < -0.3 is 9.47 Å². The summed E-state index contributed by atoms with van der Waals surface area (Å²) >= 11 is 0. The van der Waals surface area contributed by atoms with Crippen molar-refractivity contribution < 1.29 is 14.3 Å². The first kappa shape index (κ1) is 25.6. The SMILES string of the molecule is CC(C)c1ccc(C(C)(C)OC(=O)COc2ccc([S+](c3ccccc3)c3ccccc3)cc2)cc1. The van der Waals surface area contributed by atoms with Gasteiger partial charge in [-0.05, 0) is 79.4 Å². The predicted octanol–water partition coefficient (Wildman–Crippen LogP) is 7.76. The van der Waals surface area contributed by atoms with Crippen molar-refractivity contribution in [3.05, 3.63) is 120 Å². The third-order valence-electron chi connectivity index (χ3n) is 6.02. The van der Waals surface area contributed by atoms with E-state index in [1.807, 2.05) is 50.2 Å². The molecule has 0 saturated carbocycles. The van der Waals surface area contributed by atoms with Crippen LogP contribution in [0, 0.1) is 0 Å². The molecule has 0 N–H and O–H groups in total. The van der Waals surface area contributed by atoms with Gasteiger partial charge in [-0.2, -0.15) is 0 Å². The fourth-order valence-corrected chi connectivity index (χ4v) is 6.06. The zero-order valence-corrected chi connectivity index (χ0v) is 22.1. The molecule has 0 aliphatic rings. The highest BCUT2D eigenvalue weighted by Gasteiger charge is 2.28. The fourth-order valence-electron chi connectivity index (χ4n) is 3.98. The van der Waals surface area contributed by atoms with Gasteiger partial charge in [-0.3, -0.25) is 0 Å². The number of benzene rings is 4. The van der Waals surface area contributed by atoms with E-state index in [4.69, 9.17) is 9.47 Å². The van der Waals surface area contributed by atoms with Gasteiger partial charge in [0, 0.05) is 0 Å². The quantitative estimate of drug-likeness (QED) is 0.175. The molecule has 3 nitrogen and oxygen atoms in total. The number of esters is 1. The Balaban J connectivity index is 1.41. The zero-order chi connectivity index (χ0) is 25.5. The van der Waals surface area contributed by atoms with E-state index in [2.05, 4.69) is 86.6 Å². The number of hydrogen-bond acceptors (Lipinski definition) is 3. The lowest BCUT2D eigenvalue weighted by atomic mass is 9.94. The van der Waals surface area contributed by atoms with E-state index >= 15 is 0 Å². The lowest BCUT2D eigenvalue weighted by molar-refractivity contribution is -0.159. The molecule has 0 aliphatic heterocycles. The topological polar surface area (TPSA) is 35.5 Å². The van der Waals surface area contributed by atoms with Crippen LogP contribution in [0.2, 0.25) is 0 Å². The van der Waals surface area contributed by atoms with E-state index in [-0.39, 0.29) is 17.5 Å². The molecule has 0 saturated heterocycles. The molecule has 4 rings (SSSR count). The van der Waals surface area contributed by atoms with Crippen LogP contribution >= 0.6 is 0 Å². The Hall–Kier alpha value is -3.50. The molecule has 0 atom stereocenters. The molecule has 0 unspecified atom stereocenters. The van der Waals surface area contributed by atoms with Crippen LogP contribution in [0.1, 0.15) is 44.7 Å². The average molecular weight is 498 g/mol. The Morgan fingerprint density at radius 3 is 1.72 bits per heavy atom. The summed E-state index contributed by atoms with van der Waals surface area (Å²) in [5, 5.41) is 0. The summed E-state index contributed by atoms with van der Waals surface area (Å²) in [6.45, 7) is 7.98. The van der Waals surface area contributed by atoms with Gasteiger partial charge in [-0.15, -0.1) is 0 Å². The van der Waals surface area contributed by atoms with Crippen LogP contribution in [0.3, 0.4) is 0 Å². The van der Waals surface area contributed by atoms with E-state index in [9.17, 15) is 4.79 Å². The molecule has 36 heavy (non-hydrogen) atoms. The maximum atomic E-state index is 12.6. The highest BCUT2D eigenvalue weighted by Crippen LogP contribution is 2.32. The van der Waals surface area contributed by atoms with Gasteiger partial charge in [-0.1, -0.05) is 74.5 Å². The van der Waals surface area contributed by atoms with E-state index in [1.165, 1.54) is 20.2 Å². The van der Waals surface area contributed by atoms with Gasteiger partial charge in [0.25, 0.3) is 0 Å². The van der Waals surface area contributed by atoms with Crippen molar-refractivity contribution in [2.45, 2.75) is 53.9 Å². The summed E-state index contributed by atoms with van der Waals surface area (Å²) in [7, 11) is -0.222. The van der Waals surface area contributed by atoms with Crippen molar-refractivity contribution in [2.75, 3.05) is 6.61 Å². The second kappa shape index (κ2) is 11.5. The Kier molecular flexibility index (Phi) is 8.17. The Morgan fingerprint density at radius 1 is 0.722 bits per heavy atom. The van der Waals surface area contributed by atoms with Gasteiger partial charge in [0.2, 0.25) is 0 Å². The van der Waals surface area contributed by atoms with Crippen LogP contribution in [0.25, 0.3) is 0 Å². The molecule has 0 amide bonds. The largest absolute Gasteiger partial charge is 0.482 e. The first-order valence-electron chi connectivity index (χ1n) is 12.2. The zero-order valence-electron chi connectivity index (χ0n) is 21.3. The van der Waals surface area contributed by atoms with Crippen LogP contribution in [0.15, 0.2) is 124 Å². The minimum Gasteiger partial charge on any atom is -0.482 e. The van der Waals surface area contributed by atoms with Crippen molar-refractivity contribution in [1.29, 1.82) is 0 Å². The summed E-state index contributed by atoms with van der Waals surface area (Å²) in [6, 6.07) is 37.2. The molecule has 4 aromatic carbocycles. The molecule has 184 valence electrons. The van der Waals surface area contributed by atoms with Gasteiger partial charge in [-0.25, -0.2) is 4.79 Å². The first-order valence-corrected chi connectivity index (χ1v) is 13.5. The van der Waals surface area contributed by atoms with Gasteiger partial charge in [0.15, 0.2) is 21.3 Å². The number of rotatable bonds is 9. The number of carbonyl (C=O) groups is 1. The molecule has 4 aromatic rings. The summed E-state index contributed by atoms with van der Waals surface area (Å²) in [5.74, 6) is 0.700.